The smallest absolute Gasteiger partial charge is 0.303 e. The van der Waals surface area contributed by atoms with Crippen molar-refractivity contribution in [2.45, 2.75) is 87.6 Å². The third-order valence-corrected chi connectivity index (χ3v) is 10.7. The Bertz CT molecular complexity index is 2460. The van der Waals surface area contributed by atoms with Crippen LogP contribution in [0.25, 0.3) is 10.9 Å². The number of carboxylic acid groups (broad SMARTS) is 1. The second kappa shape index (κ2) is 26.7. The summed E-state index contributed by atoms with van der Waals surface area (Å²) in [7, 11) is 0. The number of guanidine groups is 1. The van der Waals surface area contributed by atoms with Crippen LogP contribution in [0.2, 0.25) is 0 Å². The van der Waals surface area contributed by atoms with Gasteiger partial charge in [0.05, 0.1) is 19.0 Å². The molecule has 0 unspecified atom stereocenters. The number of aliphatic imine (C=N–C) groups is 1. The van der Waals surface area contributed by atoms with E-state index in [2.05, 4.69) is 41.9 Å². The fraction of sp³-hybridized carbons (Fsp3) is 0.348. The second-order valence-electron chi connectivity index (χ2n) is 16.1. The largest absolute Gasteiger partial charge is 0.481 e. The molecule has 23 heteroatoms. The highest BCUT2D eigenvalue weighted by Gasteiger charge is 2.33. The van der Waals surface area contributed by atoms with E-state index >= 15 is 0 Å². The summed E-state index contributed by atoms with van der Waals surface area (Å²) in [6.45, 7) is -0.677. The minimum absolute atomic E-state index is 0.0160. The van der Waals surface area contributed by atoms with Crippen LogP contribution in [0.15, 0.2) is 96.1 Å². The number of carbonyl (C=O) groups is 9. The Balaban J connectivity index is 1.51. The number of nitrogens with one attached hydrogen (secondary N) is 7. The van der Waals surface area contributed by atoms with E-state index in [0.29, 0.717) is 16.7 Å². The van der Waals surface area contributed by atoms with Gasteiger partial charge in [-0.1, -0.05) is 78.9 Å². The molecule has 368 valence electrons. The average molecular weight is 954 g/mol. The Kier molecular flexibility index (Phi) is 20.6. The summed E-state index contributed by atoms with van der Waals surface area (Å²) in [5.41, 5.74) is 30.5. The molecular weight excluding hydrogens is 895 g/mol. The van der Waals surface area contributed by atoms with Crippen molar-refractivity contribution >= 4 is 70.1 Å². The van der Waals surface area contributed by atoms with Crippen molar-refractivity contribution < 1.29 is 48.3 Å². The van der Waals surface area contributed by atoms with Crippen LogP contribution in [-0.2, 0) is 62.4 Å². The van der Waals surface area contributed by atoms with Gasteiger partial charge < -0.3 is 70.7 Å². The molecule has 0 fully saturated rings. The number of aromatic amines is 1. The molecule has 1 aromatic heterocycles. The van der Waals surface area contributed by atoms with E-state index < -0.39 is 109 Å². The van der Waals surface area contributed by atoms with E-state index in [9.17, 15) is 43.2 Å². The van der Waals surface area contributed by atoms with Crippen LogP contribution in [-0.4, -0.2) is 119 Å². The van der Waals surface area contributed by atoms with Crippen LogP contribution < -0.4 is 60.6 Å². The molecule has 0 aliphatic heterocycles. The van der Waals surface area contributed by atoms with Gasteiger partial charge in [0.25, 0.3) is 0 Å². The van der Waals surface area contributed by atoms with Gasteiger partial charge >= 0.3 is 5.97 Å². The number of nitrogens with two attached hydrogens (primary N) is 5. The zero-order chi connectivity index (χ0) is 50.5. The van der Waals surface area contributed by atoms with Crippen LogP contribution >= 0.6 is 0 Å². The normalized spacial score (nSPS) is 13.5. The maximum Gasteiger partial charge on any atom is 0.303 e. The molecule has 23 nitrogen and oxygen atoms in total. The fourth-order valence-electron chi connectivity index (χ4n) is 7.09. The molecule has 8 amide bonds. The fourth-order valence-corrected chi connectivity index (χ4v) is 7.09. The van der Waals surface area contributed by atoms with Crippen LogP contribution in [0.4, 0.5) is 0 Å². The van der Waals surface area contributed by atoms with Crippen molar-refractivity contribution in [1.82, 2.24) is 36.9 Å². The van der Waals surface area contributed by atoms with Crippen LogP contribution in [0.3, 0.4) is 0 Å². The number of fused-ring (bicyclic) bond motifs is 1. The third kappa shape index (κ3) is 18.1. The lowest BCUT2D eigenvalue weighted by Gasteiger charge is -2.26. The molecule has 3 aromatic carbocycles. The zero-order valence-corrected chi connectivity index (χ0v) is 37.7. The molecule has 6 atom stereocenters. The molecule has 0 saturated heterocycles. The van der Waals surface area contributed by atoms with Crippen molar-refractivity contribution in [3.05, 3.63) is 108 Å². The Morgan fingerprint density at radius 2 is 1.13 bits per heavy atom. The summed E-state index contributed by atoms with van der Waals surface area (Å²) in [5.74, 6) is -8.52. The number of nitrogens with zero attached hydrogens (tertiary/aromatic N) is 1. The van der Waals surface area contributed by atoms with Gasteiger partial charge in [0.2, 0.25) is 47.3 Å². The summed E-state index contributed by atoms with van der Waals surface area (Å²) < 4.78 is 0. The average Bonchev–Trinajstić information content (AvgIpc) is 3.72. The Morgan fingerprint density at radius 3 is 1.72 bits per heavy atom. The minimum Gasteiger partial charge on any atom is -0.481 e. The van der Waals surface area contributed by atoms with E-state index in [1.807, 2.05) is 6.07 Å². The number of hydrogen-bond acceptors (Lipinski definition) is 11. The third-order valence-electron chi connectivity index (χ3n) is 10.7. The summed E-state index contributed by atoms with van der Waals surface area (Å²) in [6, 6.07) is 16.2. The van der Waals surface area contributed by atoms with Gasteiger partial charge in [-0.3, -0.25) is 48.1 Å². The maximum atomic E-state index is 14.2. The molecule has 0 saturated carbocycles. The van der Waals surface area contributed by atoms with Crippen LogP contribution in [0, 0.1) is 0 Å². The standard InChI is InChI=1S/C46H59N13O10/c47-30(17-18-39(62)63)41(65)57-35(22-28-24-53-31-15-8-7-14-29(28)31)45(69)58-34(21-27-12-5-2-6-13-27)44(68)59-36(23-37(48)60)42(66)54-25-38(61)55-32(16-9-19-52-46(50)51)43(67)56-33(40(49)64)20-26-10-3-1-4-11-26/h1-8,10-15,24,30,32-36,53H,9,16-23,25,47H2,(H2,48,60)(H2,49,64)(H,54,66)(H,55,61)(H,56,67)(H,57,65)(H,58,69)(H,59,68)(H,62,63)(H4,50,51,52)/t30-,32-,33-,34-,35-,36-/m0/s1. The minimum atomic E-state index is -1.68. The van der Waals surface area contributed by atoms with Crippen LogP contribution in [0.1, 0.15) is 48.8 Å². The maximum absolute atomic E-state index is 14.2. The quantitative estimate of drug-likeness (QED) is 0.0157. The number of carbonyl (C=O) groups excluding carboxylic acids is 8. The summed E-state index contributed by atoms with van der Waals surface area (Å²) in [5, 5.41) is 24.9. The number of aliphatic carboxylic acids is 1. The molecule has 1 heterocycles. The topological polar surface area (TPSA) is 404 Å². The number of benzene rings is 3. The highest BCUT2D eigenvalue weighted by Crippen LogP contribution is 2.20. The van der Waals surface area contributed by atoms with Crippen molar-refractivity contribution in [2.75, 3.05) is 13.1 Å². The number of para-hydroxylation sites is 1. The van der Waals surface area contributed by atoms with Gasteiger partial charge in [0.15, 0.2) is 5.96 Å². The van der Waals surface area contributed by atoms with E-state index in [1.54, 1.807) is 85.1 Å². The van der Waals surface area contributed by atoms with E-state index in [4.69, 9.17) is 33.8 Å². The Morgan fingerprint density at radius 1 is 0.594 bits per heavy atom. The highest BCUT2D eigenvalue weighted by molar-refractivity contribution is 5.98. The summed E-state index contributed by atoms with van der Waals surface area (Å²) in [6.07, 6.45) is 0.268. The second-order valence-corrected chi connectivity index (χ2v) is 16.1. The van der Waals surface area contributed by atoms with E-state index in [-0.39, 0.29) is 51.0 Å². The first-order chi connectivity index (χ1) is 32.9. The highest BCUT2D eigenvalue weighted by atomic mass is 16.4. The molecule has 18 N–H and O–H groups in total. The van der Waals surface area contributed by atoms with Crippen molar-refractivity contribution in [1.29, 1.82) is 0 Å². The summed E-state index contributed by atoms with van der Waals surface area (Å²) in [4.78, 5) is 125. The molecule has 4 rings (SSSR count). The van der Waals surface area contributed by atoms with Gasteiger partial charge in [0.1, 0.15) is 30.2 Å². The van der Waals surface area contributed by atoms with Crippen molar-refractivity contribution in [2.24, 2.45) is 33.7 Å². The number of amides is 8. The lowest BCUT2D eigenvalue weighted by atomic mass is 10.0. The number of aromatic nitrogens is 1. The first kappa shape index (κ1) is 53.3. The predicted octanol–water partition coefficient (Wildman–Crippen LogP) is -2.66. The Hall–Kier alpha value is -8.34. The molecule has 4 aromatic rings. The lowest BCUT2D eigenvalue weighted by Crippen LogP contribution is -2.59. The molecule has 0 radical (unpaired) electrons. The number of H-pyrrole nitrogens is 1. The first-order valence-electron chi connectivity index (χ1n) is 21.9. The zero-order valence-electron chi connectivity index (χ0n) is 37.7. The van der Waals surface area contributed by atoms with Gasteiger partial charge in [-0.2, -0.15) is 0 Å². The molecule has 0 aliphatic carbocycles. The predicted molar refractivity (Wildman–Crippen MR) is 253 cm³/mol. The molecule has 0 aliphatic rings. The van der Waals surface area contributed by atoms with Gasteiger partial charge in [-0.25, -0.2) is 0 Å². The van der Waals surface area contributed by atoms with Crippen molar-refractivity contribution in [3.63, 3.8) is 0 Å². The van der Waals surface area contributed by atoms with Crippen molar-refractivity contribution in [3.8, 4) is 0 Å². The van der Waals surface area contributed by atoms with E-state index in [0.717, 1.165) is 10.9 Å². The number of rotatable bonds is 28. The molecule has 0 spiro atoms. The number of hydrogen-bond donors (Lipinski definition) is 13. The molecular formula is C46H59N13O10. The SMILES string of the molecule is NC(=O)C[C@H](NC(=O)[C@H](Cc1ccccc1)NC(=O)[C@H](Cc1c[nH]c2ccccc12)NC(=O)[C@@H](N)CCC(=O)O)C(=O)NCC(=O)N[C@@H](CCCN=C(N)N)C(=O)N[C@@H](Cc1ccccc1)C(N)=O. The molecule has 69 heavy (non-hydrogen) atoms. The van der Waals surface area contributed by atoms with Crippen LogP contribution in [0.5, 0.6) is 0 Å². The monoisotopic (exact) mass is 953 g/mol. The van der Waals surface area contributed by atoms with E-state index in [1.165, 1.54) is 0 Å². The summed E-state index contributed by atoms with van der Waals surface area (Å²) >= 11 is 0. The number of primary amides is 2. The molecule has 0 bridgehead atoms. The van der Waals surface area contributed by atoms with Gasteiger partial charge in [-0.05, 0) is 42.0 Å². The van der Waals surface area contributed by atoms with Gasteiger partial charge in [0, 0.05) is 49.3 Å². The number of carboxylic acids is 1. The first-order valence-corrected chi connectivity index (χ1v) is 21.9. The lowest BCUT2D eigenvalue weighted by molar-refractivity contribution is -0.137. The van der Waals surface area contributed by atoms with Gasteiger partial charge in [-0.15, -0.1) is 0 Å². The Labute approximate surface area is 396 Å².